The van der Waals surface area contributed by atoms with Gasteiger partial charge in [-0.25, -0.2) is 0 Å². The van der Waals surface area contributed by atoms with E-state index < -0.39 is 34.6 Å². The molecule has 2 bridgehead atoms. The standard InChI is InChI=1S/C36H45F3N2O4/c1-24-6-5-14-34(3)32(13-15-35(34,45)23-40-16-18-41(19-17-40)25(2)42)30-12-10-26(20-29(43)11-9-24)21-31(30)33(44)27-7-4-8-28(22-27)36(37,38)39/h4,6-8,10,12,21-22,29,32,43,45H,5,9,11,13-20,23H2,1-3H3. The number of halogens is 3. The maximum atomic E-state index is 14.1. The Kier molecular flexibility index (Phi) is 9.64. The SMILES string of the molecule is CC(=O)N1CCN(CC2(O)CCC3c4ccc(cc4C(=O)c4cccc(C(F)(F)F)c4)CC(O)CCC(C)=CCCC32C)CC1. The number of fused-ring (bicyclic) bond motifs is 8. The summed E-state index contributed by atoms with van der Waals surface area (Å²) in [6.45, 7) is 8.72. The number of hydrogen-bond acceptors (Lipinski definition) is 5. The lowest BCUT2D eigenvalue weighted by molar-refractivity contribution is -0.137. The number of rotatable bonds is 4. The number of benzene rings is 2. The maximum Gasteiger partial charge on any atom is 0.416 e. The van der Waals surface area contributed by atoms with Gasteiger partial charge < -0.3 is 15.1 Å². The molecule has 244 valence electrons. The predicted octanol–water partition coefficient (Wildman–Crippen LogP) is 6.14. The zero-order chi connectivity index (χ0) is 32.6. The van der Waals surface area contributed by atoms with Gasteiger partial charge in [0.2, 0.25) is 5.91 Å². The number of ketones is 1. The molecule has 1 saturated carbocycles. The first-order valence-corrected chi connectivity index (χ1v) is 16.1. The number of aliphatic hydroxyl groups is 2. The highest BCUT2D eigenvalue weighted by atomic mass is 19.4. The Morgan fingerprint density at radius 3 is 2.44 bits per heavy atom. The van der Waals surface area contributed by atoms with E-state index in [2.05, 4.69) is 24.8 Å². The average Bonchev–Trinajstić information content (AvgIpc) is 3.24. The van der Waals surface area contributed by atoms with Gasteiger partial charge in [-0.1, -0.05) is 42.8 Å². The van der Waals surface area contributed by atoms with Crippen molar-refractivity contribution in [2.45, 2.75) is 89.5 Å². The summed E-state index contributed by atoms with van der Waals surface area (Å²) in [5.74, 6) is -0.668. The second-order valence-corrected chi connectivity index (χ2v) is 13.6. The second-order valence-electron chi connectivity index (χ2n) is 13.6. The van der Waals surface area contributed by atoms with Crippen LogP contribution in [0.4, 0.5) is 13.2 Å². The zero-order valence-electron chi connectivity index (χ0n) is 26.5. The van der Waals surface area contributed by atoms with E-state index in [4.69, 9.17) is 0 Å². The summed E-state index contributed by atoms with van der Waals surface area (Å²) in [5.41, 5.74) is 0.348. The molecule has 3 aliphatic carbocycles. The minimum absolute atomic E-state index is 0.0400. The van der Waals surface area contributed by atoms with E-state index in [1.165, 1.54) is 17.7 Å². The molecule has 0 spiro atoms. The Hall–Kier alpha value is -3.01. The number of piperazine rings is 1. The fraction of sp³-hybridized carbons (Fsp3) is 0.556. The normalized spacial score (nSPS) is 28.4. The lowest BCUT2D eigenvalue weighted by Crippen LogP contribution is -2.57. The Morgan fingerprint density at radius 2 is 1.76 bits per heavy atom. The molecular formula is C36H45F3N2O4. The number of alkyl halides is 3. The molecule has 9 heteroatoms. The van der Waals surface area contributed by atoms with Crippen LogP contribution in [0.5, 0.6) is 0 Å². The van der Waals surface area contributed by atoms with Gasteiger partial charge in [0.05, 0.1) is 17.3 Å². The van der Waals surface area contributed by atoms with Crippen LogP contribution in [0.2, 0.25) is 0 Å². The Balaban J connectivity index is 1.56. The third-order valence-electron chi connectivity index (χ3n) is 10.7. The number of carbonyl (C=O) groups excluding carboxylic acids is 2. The zero-order valence-corrected chi connectivity index (χ0v) is 26.5. The van der Waals surface area contributed by atoms with E-state index in [-0.39, 0.29) is 17.4 Å². The van der Waals surface area contributed by atoms with Gasteiger partial charge in [-0.05, 0) is 87.1 Å². The van der Waals surface area contributed by atoms with Crippen LogP contribution in [0.1, 0.15) is 97.8 Å². The van der Waals surface area contributed by atoms with Gasteiger partial charge in [-0.15, -0.1) is 0 Å². The molecule has 2 aromatic rings. The molecule has 2 fully saturated rings. The van der Waals surface area contributed by atoms with Gasteiger partial charge in [0.15, 0.2) is 5.78 Å². The molecule has 1 aliphatic heterocycles. The van der Waals surface area contributed by atoms with Crippen LogP contribution in [0.15, 0.2) is 54.1 Å². The van der Waals surface area contributed by atoms with Crippen LogP contribution < -0.4 is 0 Å². The summed E-state index contributed by atoms with van der Waals surface area (Å²) >= 11 is 0. The lowest BCUT2D eigenvalue weighted by Gasteiger charge is -2.47. The second kappa shape index (κ2) is 13.0. The Labute approximate surface area is 263 Å². The summed E-state index contributed by atoms with van der Waals surface area (Å²) in [6.07, 6.45) is 1.08. The van der Waals surface area contributed by atoms with Crippen molar-refractivity contribution in [3.05, 3.63) is 81.9 Å². The number of allylic oxidation sites excluding steroid dienone is 2. The minimum atomic E-state index is -4.58. The molecule has 6 rings (SSSR count). The quantitative estimate of drug-likeness (QED) is 0.315. The monoisotopic (exact) mass is 626 g/mol. The molecule has 1 heterocycles. The van der Waals surface area contributed by atoms with Crippen LogP contribution >= 0.6 is 0 Å². The summed E-state index contributed by atoms with van der Waals surface area (Å²) in [6, 6.07) is 10.1. The first-order valence-electron chi connectivity index (χ1n) is 16.1. The van der Waals surface area contributed by atoms with Gasteiger partial charge in [-0.2, -0.15) is 13.2 Å². The smallest absolute Gasteiger partial charge is 0.393 e. The summed E-state index contributed by atoms with van der Waals surface area (Å²) < 4.78 is 40.8. The third-order valence-corrected chi connectivity index (χ3v) is 10.7. The Morgan fingerprint density at radius 1 is 1.02 bits per heavy atom. The molecule has 0 aromatic heterocycles. The van der Waals surface area contributed by atoms with Crippen molar-refractivity contribution >= 4 is 11.7 Å². The fourth-order valence-corrected chi connectivity index (χ4v) is 7.78. The number of nitrogens with zero attached hydrogens (tertiary/aromatic N) is 2. The van der Waals surface area contributed by atoms with Crippen LogP contribution in [0, 0.1) is 5.41 Å². The Bertz CT molecular complexity index is 1450. The highest BCUT2D eigenvalue weighted by Gasteiger charge is 2.57. The number of β-amino-alcohol motifs (C(OH)–C–C–N with tert-alkyl or cyclic N) is 1. The summed E-state index contributed by atoms with van der Waals surface area (Å²) in [4.78, 5) is 30.0. The van der Waals surface area contributed by atoms with E-state index in [0.717, 1.165) is 29.7 Å². The topological polar surface area (TPSA) is 81.1 Å². The van der Waals surface area contributed by atoms with Crippen molar-refractivity contribution in [1.29, 1.82) is 0 Å². The third kappa shape index (κ3) is 7.05. The molecule has 6 nitrogen and oxygen atoms in total. The van der Waals surface area contributed by atoms with Crippen molar-refractivity contribution in [1.82, 2.24) is 9.80 Å². The van der Waals surface area contributed by atoms with Crippen molar-refractivity contribution in [3.63, 3.8) is 0 Å². The van der Waals surface area contributed by atoms with Crippen molar-refractivity contribution in [2.24, 2.45) is 5.41 Å². The van der Waals surface area contributed by atoms with Crippen molar-refractivity contribution < 1.29 is 33.0 Å². The molecule has 45 heavy (non-hydrogen) atoms. The number of carbonyl (C=O) groups is 2. The van der Waals surface area contributed by atoms with Crippen molar-refractivity contribution in [3.8, 4) is 0 Å². The lowest BCUT2D eigenvalue weighted by atomic mass is 9.64. The van der Waals surface area contributed by atoms with Crippen LogP contribution in [-0.2, 0) is 17.4 Å². The fourth-order valence-electron chi connectivity index (χ4n) is 7.78. The van der Waals surface area contributed by atoms with E-state index >= 15 is 0 Å². The molecule has 2 aromatic carbocycles. The molecule has 1 saturated heterocycles. The summed E-state index contributed by atoms with van der Waals surface area (Å²) in [5, 5.41) is 23.3. The summed E-state index contributed by atoms with van der Waals surface area (Å²) in [7, 11) is 0. The molecule has 4 aliphatic rings. The molecule has 1 amide bonds. The maximum absolute atomic E-state index is 14.1. The highest BCUT2D eigenvalue weighted by molar-refractivity contribution is 6.10. The number of aliphatic hydroxyl groups excluding tert-OH is 1. The largest absolute Gasteiger partial charge is 0.416 e. The van der Waals surface area contributed by atoms with Gasteiger partial charge in [-0.3, -0.25) is 14.5 Å². The predicted molar refractivity (Wildman–Crippen MR) is 167 cm³/mol. The molecule has 2 N–H and O–H groups in total. The van der Waals surface area contributed by atoms with E-state index in [0.29, 0.717) is 76.8 Å². The molecule has 4 unspecified atom stereocenters. The van der Waals surface area contributed by atoms with Crippen LogP contribution in [0.25, 0.3) is 0 Å². The number of hydrogen-bond donors (Lipinski definition) is 2. The van der Waals surface area contributed by atoms with Gasteiger partial charge in [0, 0.05) is 56.2 Å². The van der Waals surface area contributed by atoms with Gasteiger partial charge in [0.25, 0.3) is 0 Å². The first-order chi connectivity index (χ1) is 21.2. The van der Waals surface area contributed by atoms with Crippen molar-refractivity contribution in [2.75, 3.05) is 32.7 Å². The van der Waals surface area contributed by atoms with E-state index in [9.17, 15) is 33.0 Å². The minimum Gasteiger partial charge on any atom is -0.393 e. The highest BCUT2D eigenvalue weighted by Crippen LogP contribution is 2.59. The van der Waals surface area contributed by atoms with Crippen LogP contribution in [0.3, 0.4) is 0 Å². The first kappa shape index (κ1) is 33.4. The average molecular weight is 627 g/mol. The van der Waals surface area contributed by atoms with E-state index in [1.807, 2.05) is 17.0 Å². The molecule has 0 radical (unpaired) electrons. The number of amides is 1. The molecular weight excluding hydrogens is 581 g/mol. The van der Waals surface area contributed by atoms with E-state index in [1.54, 1.807) is 13.0 Å². The molecule has 4 atom stereocenters. The van der Waals surface area contributed by atoms with Crippen LogP contribution in [-0.4, -0.2) is 76.1 Å². The van der Waals surface area contributed by atoms with Gasteiger partial charge in [0.1, 0.15) is 0 Å². The van der Waals surface area contributed by atoms with Gasteiger partial charge >= 0.3 is 6.18 Å².